The Hall–Kier alpha value is -0.200. The number of ether oxygens (including phenoxy) is 1. The summed E-state index contributed by atoms with van der Waals surface area (Å²) in [6, 6.07) is 1.28. The van der Waals surface area contributed by atoms with Crippen LogP contribution >= 0.6 is 0 Å². The molecule has 0 aromatic rings. The topological polar surface area (TPSA) is 48.0 Å². The van der Waals surface area contributed by atoms with Gasteiger partial charge in [0.2, 0.25) is 0 Å². The maximum absolute atomic E-state index is 9.71. The highest BCUT2D eigenvalue weighted by atomic mass is 16.5. The van der Waals surface area contributed by atoms with Crippen LogP contribution in [0.25, 0.3) is 0 Å². The van der Waals surface area contributed by atoms with E-state index in [9.17, 15) is 5.11 Å². The first kappa shape index (κ1) is 14.7. The summed E-state index contributed by atoms with van der Waals surface area (Å²) >= 11 is 0. The SMILES string of the molecule is OC1CCN([C@H]2CCC[C@H]2NCCN2CCOCC2)C1. The molecule has 2 saturated heterocycles. The molecule has 0 aromatic heterocycles. The van der Waals surface area contributed by atoms with E-state index < -0.39 is 0 Å². The second kappa shape index (κ2) is 7.18. The molecule has 3 rings (SSSR count). The average Bonchev–Trinajstić information content (AvgIpc) is 3.09. The molecule has 116 valence electrons. The van der Waals surface area contributed by atoms with Crippen LogP contribution in [0.5, 0.6) is 0 Å². The zero-order valence-corrected chi connectivity index (χ0v) is 12.5. The highest BCUT2D eigenvalue weighted by Gasteiger charge is 2.35. The molecule has 20 heavy (non-hydrogen) atoms. The van der Waals surface area contributed by atoms with Crippen LogP contribution in [0.4, 0.5) is 0 Å². The monoisotopic (exact) mass is 283 g/mol. The molecule has 0 radical (unpaired) electrons. The molecule has 5 heteroatoms. The number of nitrogens with zero attached hydrogens (tertiary/aromatic N) is 2. The van der Waals surface area contributed by atoms with Gasteiger partial charge in [-0.1, -0.05) is 6.42 Å². The fourth-order valence-corrected chi connectivity index (χ4v) is 3.92. The number of β-amino-alcohol motifs (C(OH)–C–C–N with tert-alkyl or cyclic N) is 1. The van der Waals surface area contributed by atoms with Gasteiger partial charge in [-0.25, -0.2) is 0 Å². The number of rotatable bonds is 5. The minimum absolute atomic E-state index is 0.0930. The lowest BCUT2D eigenvalue weighted by atomic mass is 10.1. The zero-order valence-electron chi connectivity index (χ0n) is 12.5. The van der Waals surface area contributed by atoms with Crippen molar-refractivity contribution in [3.63, 3.8) is 0 Å². The van der Waals surface area contributed by atoms with Crippen LogP contribution in [0.1, 0.15) is 25.7 Å². The number of hydrogen-bond donors (Lipinski definition) is 2. The van der Waals surface area contributed by atoms with Gasteiger partial charge in [0, 0.05) is 51.4 Å². The molecule has 0 amide bonds. The Labute approximate surface area is 122 Å². The van der Waals surface area contributed by atoms with Crippen molar-refractivity contribution in [2.75, 3.05) is 52.5 Å². The summed E-state index contributed by atoms with van der Waals surface area (Å²) in [5, 5.41) is 13.5. The van der Waals surface area contributed by atoms with Gasteiger partial charge < -0.3 is 15.2 Å². The van der Waals surface area contributed by atoms with Crippen LogP contribution in [-0.4, -0.2) is 85.6 Å². The van der Waals surface area contributed by atoms with Gasteiger partial charge in [-0.3, -0.25) is 9.80 Å². The van der Waals surface area contributed by atoms with Crippen LogP contribution in [0.3, 0.4) is 0 Å². The fourth-order valence-electron chi connectivity index (χ4n) is 3.92. The molecule has 2 heterocycles. The van der Waals surface area contributed by atoms with Gasteiger partial charge in [0.25, 0.3) is 0 Å². The van der Waals surface area contributed by atoms with Gasteiger partial charge >= 0.3 is 0 Å². The third-order valence-electron chi connectivity index (χ3n) is 5.08. The van der Waals surface area contributed by atoms with E-state index in [1.165, 1.54) is 19.3 Å². The summed E-state index contributed by atoms with van der Waals surface area (Å²) in [5.74, 6) is 0. The Morgan fingerprint density at radius 2 is 1.95 bits per heavy atom. The van der Waals surface area contributed by atoms with Crippen molar-refractivity contribution in [3.8, 4) is 0 Å². The number of morpholine rings is 1. The molecule has 0 bridgehead atoms. The third-order valence-corrected chi connectivity index (χ3v) is 5.08. The summed E-state index contributed by atoms with van der Waals surface area (Å²) in [5.41, 5.74) is 0. The van der Waals surface area contributed by atoms with Crippen molar-refractivity contribution < 1.29 is 9.84 Å². The molecule has 3 fully saturated rings. The van der Waals surface area contributed by atoms with E-state index >= 15 is 0 Å². The van der Waals surface area contributed by atoms with E-state index in [1.54, 1.807) is 0 Å². The normalized spacial score (nSPS) is 36.8. The summed E-state index contributed by atoms with van der Waals surface area (Å²) < 4.78 is 5.38. The van der Waals surface area contributed by atoms with Crippen LogP contribution in [0, 0.1) is 0 Å². The summed E-state index contributed by atoms with van der Waals surface area (Å²) in [4.78, 5) is 4.99. The van der Waals surface area contributed by atoms with Gasteiger partial charge in [-0.05, 0) is 19.3 Å². The molecule has 2 aliphatic heterocycles. The first-order chi connectivity index (χ1) is 9.83. The van der Waals surface area contributed by atoms with Crippen molar-refractivity contribution in [1.82, 2.24) is 15.1 Å². The van der Waals surface area contributed by atoms with Crippen LogP contribution in [-0.2, 0) is 4.74 Å². The van der Waals surface area contributed by atoms with E-state index in [4.69, 9.17) is 4.74 Å². The Bertz CT molecular complexity index is 297. The van der Waals surface area contributed by atoms with E-state index in [-0.39, 0.29) is 6.10 Å². The molecule has 1 saturated carbocycles. The van der Waals surface area contributed by atoms with Gasteiger partial charge in [-0.2, -0.15) is 0 Å². The molecule has 1 aliphatic carbocycles. The summed E-state index contributed by atoms with van der Waals surface area (Å²) in [6.45, 7) is 8.10. The maximum atomic E-state index is 9.71. The highest BCUT2D eigenvalue weighted by Crippen LogP contribution is 2.27. The molecule has 1 unspecified atom stereocenters. The molecule has 0 aromatic carbocycles. The van der Waals surface area contributed by atoms with Crippen molar-refractivity contribution in [2.45, 2.75) is 43.9 Å². The fraction of sp³-hybridized carbons (Fsp3) is 1.00. The molecule has 5 nitrogen and oxygen atoms in total. The number of nitrogens with one attached hydrogen (secondary N) is 1. The average molecular weight is 283 g/mol. The first-order valence-corrected chi connectivity index (χ1v) is 8.28. The molecule has 3 atom stereocenters. The largest absolute Gasteiger partial charge is 0.392 e. The van der Waals surface area contributed by atoms with E-state index in [0.717, 1.165) is 58.9 Å². The lowest BCUT2D eigenvalue weighted by molar-refractivity contribution is 0.0377. The predicted molar refractivity (Wildman–Crippen MR) is 78.9 cm³/mol. The molecule has 3 aliphatic rings. The van der Waals surface area contributed by atoms with Crippen molar-refractivity contribution in [2.24, 2.45) is 0 Å². The standard InChI is InChI=1S/C15H29N3O2/c19-13-4-6-18(12-13)15-3-1-2-14(15)16-5-7-17-8-10-20-11-9-17/h13-16,19H,1-12H2/t13?,14-,15+/m1/s1. The maximum Gasteiger partial charge on any atom is 0.0679 e. The van der Waals surface area contributed by atoms with Crippen LogP contribution in [0.15, 0.2) is 0 Å². The Morgan fingerprint density at radius 3 is 2.70 bits per heavy atom. The van der Waals surface area contributed by atoms with Gasteiger partial charge in [0.05, 0.1) is 19.3 Å². The second-order valence-electron chi connectivity index (χ2n) is 6.45. The van der Waals surface area contributed by atoms with Crippen LogP contribution < -0.4 is 5.32 Å². The van der Waals surface area contributed by atoms with Crippen molar-refractivity contribution >= 4 is 0 Å². The number of likely N-dealkylation sites (tertiary alicyclic amines) is 1. The highest BCUT2D eigenvalue weighted by molar-refractivity contribution is 4.93. The Kier molecular flexibility index (Phi) is 5.29. The predicted octanol–water partition coefficient (Wildman–Crippen LogP) is -0.104. The minimum atomic E-state index is -0.0930. The molecular formula is C15H29N3O2. The number of hydrogen-bond acceptors (Lipinski definition) is 5. The van der Waals surface area contributed by atoms with Crippen molar-refractivity contribution in [3.05, 3.63) is 0 Å². The third kappa shape index (κ3) is 3.71. The van der Waals surface area contributed by atoms with Gasteiger partial charge in [-0.15, -0.1) is 0 Å². The molecule has 0 spiro atoms. The minimum Gasteiger partial charge on any atom is -0.392 e. The van der Waals surface area contributed by atoms with E-state index in [2.05, 4.69) is 15.1 Å². The summed E-state index contributed by atoms with van der Waals surface area (Å²) in [7, 11) is 0. The van der Waals surface area contributed by atoms with Gasteiger partial charge in [0.15, 0.2) is 0 Å². The lowest BCUT2D eigenvalue weighted by Crippen LogP contribution is -2.48. The Balaban J connectivity index is 1.39. The number of aliphatic hydroxyl groups excluding tert-OH is 1. The second-order valence-corrected chi connectivity index (χ2v) is 6.45. The zero-order chi connectivity index (χ0) is 13.8. The van der Waals surface area contributed by atoms with Crippen molar-refractivity contribution in [1.29, 1.82) is 0 Å². The smallest absolute Gasteiger partial charge is 0.0679 e. The van der Waals surface area contributed by atoms with E-state index in [1.807, 2.05) is 0 Å². The Morgan fingerprint density at radius 1 is 1.10 bits per heavy atom. The summed E-state index contributed by atoms with van der Waals surface area (Å²) in [6.07, 6.45) is 4.77. The van der Waals surface area contributed by atoms with Gasteiger partial charge in [0.1, 0.15) is 0 Å². The first-order valence-electron chi connectivity index (χ1n) is 8.28. The molecule has 2 N–H and O–H groups in total. The quantitative estimate of drug-likeness (QED) is 0.738. The van der Waals surface area contributed by atoms with E-state index in [0.29, 0.717) is 12.1 Å². The lowest BCUT2D eigenvalue weighted by Gasteiger charge is -2.31. The number of aliphatic hydroxyl groups is 1. The van der Waals surface area contributed by atoms with Crippen LogP contribution in [0.2, 0.25) is 0 Å². The molecular weight excluding hydrogens is 254 g/mol.